The van der Waals surface area contributed by atoms with Crippen molar-refractivity contribution >= 4 is 5.91 Å². The molecule has 0 spiro atoms. The zero-order chi connectivity index (χ0) is 12.3. The third-order valence-electron chi connectivity index (χ3n) is 3.36. The van der Waals surface area contributed by atoms with Gasteiger partial charge in [-0.05, 0) is 17.9 Å². The van der Waals surface area contributed by atoms with Crippen molar-refractivity contribution in [2.75, 3.05) is 13.1 Å². The van der Waals surface area contributed by atoms with Gasteiger partial charge >= 0.3 is 0 Å². The average molecular weight is 231 g/mol. The van der Waals surface area contributed by atoms with Crippen LogP contribution in [0.25, 0.3) is 0 Å². The lowest BCUT2D eigenvalue weighted by molar-refractivity contribution is -0.134. The summed E-state index contributed by atoms with van der Waals surface area (Å²) in [5.41, 5.74) is 1.37. The Labute approximate surface area is 104 Å². The van der Waals surface area contributed by atoms with E-state index in [1.807, 2.05) is 11.0 Å². The molecular formula is C15H21NO. The number of hydrogen-bond acceptors (Lipinski definition) is 1. The molecule has 1 saturated heterocycles. The number of amides is 1. The van der Waals surface area contributed by atoms with Gasteiger partial charge in [0.25, 0.3) is 0 Å². The Morgan fingerprint density at radius 3 is 2.65 bits per heavy atom. The van der Waals surface area contributed by atoms with Crippen LogP contribution in [0.5, 0.6) is 0 Å². The highest BCUT2D eigenvalue weighted by Gasteiger charge is 2.26. The number of nitrogens with zero attached hydrogens (tertiary/aromatic N) is 1. The normalized spacial score (nSPS) is 21.0. The highest BCUT2D eigenvalue weighted by molar-refractivity contribution is 5.77. The van der Waals surface area contributed by atoms with Crippen molar-refractivity contribution in [3.05, 3.63) is 35.9 Å². The van der Waals surface area contributed by atoms with Crippen LogP contribution in [-0.2, 0) is 4.79 Å². The fourth-order valence-corrected chi connectivity index (χ4v) is 2.53. The van der Waals surface area contributed by atoms with E-state index >= 15 is 0 Å². The Bertz CT molecular complexity index is 372. The van der Waals surface area contributed by atoms with E-state index in [2.05, 4.69) is 38.1 Å². The second kappa shape index (κ2) is 5.35. The molecule has 1 amide bonds. The smallest absolute Gasteiger partial charge is 0.222 e. The lowest BCUT2D eigenvalue weighted by Gasteiger charge is -2.34. The molecule has 0 saturated carbocycles. The Hall–Kier alpha value is -1.31. The molecule has 2 heteroatoms. The topological polar surface area (TPSA) is 20.3 Å². The van der Waals surface area contributed by atoms with Gasteiger partial charge in [-0.1, -0.05) is 44.2 Å². The van der Waals surface area contributed by atoms with Crippen molar-refractivity contribution < 1.29 is 4.79 Å². The predicted octanol–water partition coefficient (Wildman–Crippen LogP) is 3.05. The predicted molar refractivity (Wildman–Crippen MR) is 69.8 cm³/mol. The van der Waals surface area contributed by atoms with Crippen LogP contribution in [0.2, 0.25) is 0 Å². The molecule has 1 aliphatic heterocycles. The van der Waals surface area contributed by atoms with E-state index in [0.717, 1.165) is 19.5 Å². The summed E-state index contributed by atoms with van der Waals surface area (Å²) in [6.07, 6.45) is 1.70. The molecule has 1 unspecified atom stereocenters. The summed E-state index contributed by atoms with van der Waals surface area (Å²) in [7, 11) is 0. The van der Waals surface area contributed by atoms with Gasteiger partial charge in [0.05, 0.1) is 0 Å². The standard InChI is InChI=1S/C15H21NO/c1-12(2)10-16-11-14(8-9-15(16)17)13-6-4-3-5-7-13/h3-7,12,14H,8-11H2,1-2H3. The summed E-state index contributed by atoms with van der Waals surface area (Å²) in [5, 5.41) is 0. The molecule has 1 fully saturated rings. The molecular weight excluding hydrogens is 210 g/mol. The molecule has 1 aliphatic rings. The van der Waals surface area contributed by atoms with Crippen LogP contribution in [0.15, 0.2) is 30.3 Å². The van der Waals surface area contributed by atoms with Gasteiger partial charge in [0.15, 0.2) is 0 Å². The van der Waals surface area contributed by atoms with Gasteiger partial charge in [-0.15, -0.1) is 0 Å². The summed E-state index contributed by atoms with van der Waals surface area (Å²) in [6, 6.07) is 10.6. The summed E-state index contributed by atoms with van der Waals surface area (Å²) >= 11 is 0. The zero-order valence-corrected chi connectivity index (χ0v) is 10.7. The number of carbonyl (C=O) groups is 1. The number of rotatable bonds is 3. The van der Waals surface area contributed by atoms with Crippen LogP contribution in [0.1, 0.15) is 38.2 Å². The second-order valence-corrected chi connectivity index (χ2v) is 5.34. The van der Waals surface area contributed by atoms with Gasteiger partial charge < -0.3 is 4.90 Å². The Balaban J connectivity index is 2.05. The van der Waals surface area contributed by atoms with E-state index in [9.17, 15) is 4.79 Å². The molecule has 1 heterocycles. The third kappa shape index (κ3) is 3.09. The van der Waals surface area contributed by atoms with Gasteiger partial charge in [0, 0.05) is 25.4 Å². The van der Waals surface area contributed by atoms with Crippen molar-refractivity contribution in [2.45, 2.75) is 32.6 Å². The number of piperidine rings is 1. The van der Waals surface area contributed by atoms with E-state index in [1.54, 1.807) is 0 Å². The summed E-state index contributed by atoms with van der Waals surface area (Å²) in [5.74, 6) is 1.40. The van der Waals surface area contributed by atoms with Crippen molar-refractivity contribution in [3.8, 4) is 0 Å². The average Bonchev–Trinajstić information content (AvgIpc) is 2.32. The number of hydrogen-bond donors (Lipinski definition) is 0. The van der Waals surface area contributed by atoms with Crippen molar-refractivity contribution in [3.63, 3.8) is 0 Å². The van der Waals surface area contributed by atoms with Crippen LogP contribution in [0, 0.1) is 5.92 Å². The summed E-state index contributed by atoms with van der Waals surface area (Å²) in [6.45, 7) is 6.11. The monoisotopic (exact) mass is 231 g/mol. The van der Waals surface area contributed by atoms with Crippen molar-refractivity contribution in [1.29, 1.82) is 0 Å². The molecule has 0 N–H and O–H groups in total. The molecule has 2 rings (SSSR count). The Kier molecular flexibility index (Phi) is 3.82. The van der Waals surface area contributed by atoms with Crippen LogP contribution in [0.4, 0.5) is 0 Å². The maximum atomic E-state index is 11.8. The van der Waals surface area contributed by atoms with E-state index in [4.69, 9.17) is 0 Å². The molecule has 1 aromatic rings. The highest BCUT2D eigenvalue weighted by Crippen LogP contribution is 2.27. The molecule has 0 aliphatic carbocycles. The molecule has 0 radical (unpaired) electrons. The minimum atomic E-state index is 0.325. The van der Waals surface area contributed by atoms with E-state index in [-0.39, 0.29) is 0 Å². The summed E-state index contributed by atoms with van der Waals surface area (Å²) in [4.78, 5) is 13.9. The lowest BCUT2D eigenvalue weighted by atomic mass is 9.90. The first-order chi connectivity index (χ1) is 8.16. The van der Waals surface area contributed by atoms with E-state index in [0.29, 0.717) is 24.2 Å². The lowest BCUT2D eigenvalue weighted by Crippen LogP contribution is -2.41. The van der Waals surface area contributed by atoms with Gasteiger partial charge in [-0.3, -0.25) is 4.79 Å². The third-order valence-corrected chi connectivity index (χ3v) is 3.36. The fraction of sp³-hybridized carbons (Fsp3) is 0.533. The first-order valence-electron chi connectivity index (χ1n) is 6.49. The first kappa shape index (κ1) is 12.2. The van der Waals surface area contributed by atoms with Crippen molar-refractivity contribution in [2.24, 2.45) is 5.92 Å². The van der Waals surface area contributed by atoms with Crippen LogP contribution >= 0.6 is 0 Å². The van der Waals surface area contributed by atoms with Crippen LogP contribution < -0.4 is 0 Å². The minimum absolute atomic E-state index is 0.325. The maximum Gasteiger partial charge on any atom is 0.222 e. The number of benzene rings is 1. The molecule has 0 aromatic heterocycles. The van der Waals surface area contributed by atoms with E-state index < -0.39 is 0 Å². The molecule has 1 aromatic carbocycles. The molecule has 92 valence electrons. The molecule has 1 atom stereocenters. The number of likely N-dealkylation sites (tertiary alicyclic amines) is 1. The SMILES string of the molecule is CC(C)CN1CC(c2ccccc2)CCC1=O. The molecule has 17 heavy (non-hydrogen) atoms. The zero-order valence-electron chi connectivity index (χ0n) is 10.7. The number of carbonyl (C=O) groups excluding carboxylic acids is 1. The molecule has 2 nitrogen and oxygen atoms in total. The Morgan fingerprint density at radius 1 is 1.29 bits per heavy atom. The largest absolute Gasteiger partial charge is 0.342 e. The van der Waals surface area contributed by atoms with Gasteiger partial charge in [0.1, 0.15) is 0 Å². The quantitative estimate of drug-likeness (QED) is 0.783. The van der Waals surface area contributed by atoms with Gasteiger partial charge in [-0.25, -0.2) is 0 Å². The highest BCUT2D eigenvalue weighted by atomic mass is 16.2. The van der Waals surface area contributed by atoms with Gasteiger partial charge in [-0.2, -0.15) is 0 Å². The maximum absolute atomic E-state index is 11.8. The van der Waals surface area contributed by atoms with Gasteiger partial charge in [0.2, 0.25) is 5.91 Å². The van der Waals surface area contributed by atoms with Crippen molar-refractivity contribution in [1.82, 2.24) is 4.90 Å². The summed E-state index contributed by atoms with van der Waals surface area (Å²) < 4.78 is 0. The first-order valence-corrected chi connectivity index (χ1v) is 6.49. The second-order valence-electron chi connectivity index (χ2n) is 5.34. The minimum Gasteiger partial charge on any atom is -0.342 e. The molecule has 0 bridgehead atoms. The van der Waals surface area contributed by atoms with E-state index in [1.165, 1.54) is 5.56 Å². The van der Waals surface area contributed by atoms with Crippen LogP contribution in [-0.4, -0.2) is 23.9 Å². The Morgan fingerprint density at radius 2 is 2.00 bits per heavy atom. The van der Waals surface area contributed by atoms with Crippen LogP contribution in [0.3, 0.4) is 0 Å². The fourth-order valence-electron chi connectivity index (χ4n) is 2.53.